The standard InChI is InChI=1S/C24H30ClN5O2Si/c1-15(26)30-21-10-9-18(32-2)13-19(21)23(16-5-7-17(25)8-6-16)29-20(24(30)27)14-22(31)28-11-12-33(3)4/h5-10,13,20,26-27,33H,11-12,14H2,1-4H3,(H,28,31). The minimum Gasteiger partial charge on any atom is -0.497 e. The molecular weight excluding hydrogens is 454 g/mol. The zero-order valence-corrected chi connectivity index (χ0v) is 21.3. The Bertz CT molecular complexity index is 1080. The molecule has 1 amide bonds. The Balaban J connectivity index is 2.09. The third-order valence-electron chi connectivity index (χ3n) is 5.42. The van der Waals surface area contributed by atoms with Crippen molar-refractivity contribution < 1.29 is 9.53 Å². The highest BCUT2D eigenvalue weighted by atomic mass is 35.5. The number of hydrogen-bond donors (Lipinski definition) is 3. The smallest absolute Gasteiger partial charge is 0.222 e. The van der Waals surface area contributed by atoms with E-state index < -0.39 is 14.8 Å². The Morgan fingerprint density at radius 1 is 1.24 bits per heavy atom. The van der Waals surface area contributed by atoms with Gasteiger partial charge in [0.2, 0.25) is 5.91 Å². The molecule has 7 nitrogen and oxygen atoms in total. The van der Waals surface area contributed by atoms with E-state index in [1.165, 1.54) is 0 Å². The molecule has 1 heterocycles. The Labute approximate surface area is 201 Å². The van der Waals surface area contributed by atoms with Crippen molar-refractivity contribution in [2.45, 2.75) is 38.5 Å². The molecule has 0 fully saturated rings. The predicted octanol–water partition coefficient (Wildman–Crippen LogP) is 4.34. The number of rotatable bonds is 7. The molecule has 0 aromatic heterocycles. The zero-order valence-electron chi connectivity index (χ0n) is 19.4. The average molecular weight is 484 g/mol. The second-order valence-electron chi connectivity index (χ2n) is 8.43. The number of amidine groups is 2. The molecule has 0 saturated carbocycles. The van der Waals surface area contributed by atoms with E-state index in [2.05, 4.69) is 18.4 Å². The first-order chi connectivity index (χ1) is 15.7. The van der Waals surface area contributed by atoms with Gasteiger partial charge in [0.05, 0.1) is 24.9 Å². The van der Waals surface area contributed by atoms with Crippen molar-refractivity contribution in [3.05, 3.63) is 58.6 Å². The van der Waals surface area contributed by atoms with E-state index in [-0.39, 0.29) is 24.0 Å². The van der Waals surface area contributed by atoms with Crippen LogP contribution in [0.5, 0.6) is 5.75 Å². The molecule has 0 aliphatic carbocycles. The van der Waals surface area contributed by atoms with Crippen molar-refractivity contribution in [2.24, 2.45) is 4.99 Å². The molecular formula is C24H30ClN5O2Si. The molecule has 33 heavy (non-hydrogen) atoms. The van der Waals surface area contributed by atoms with E-state index in [1.807, 2.05) is 24.3 Å². The van der Waals surface area contributed by atoms with Gasteiger partial charge in [-0.15, -0.1) is 0 Å². The summed E-state index contributed by atoms with van der Waals surface area (Å²) in [6.45, 7) is 6.75. The molecule has 174 valence electrons. The van der Waals surface area contributed by atoms with Gasteiger partial charge in [-0.1, -0.05) is 36.8 Å². The van der Waals surface area contributed by atoms with Crippen LogP contribution in [0.2, 0.25) is 24.2 Å². The van der Waals surface area contributed by atoms with Crippen LogP contribution in [0.25, 0.3) is 0 Å². The van der Waals surface area contributed by atoms with E-state index in [0.717, 1.165) is 17.2 Å². The van der Waals surface area contributed by atoms with Crippen LogP contribution in [0.1, 0.15) is 24.5 Å². The van der Waals surface area contributed by atoms with Crippen LogP contribution in [0.15, 0.2) is 47.5 Å². The third-order valence-corrected chi connectivity index (χ3v) is 7.11. The lowest BCUT2D eigenvalue weighted by Gasteiger charge is -2.26. The summed E-state index contributed by atoms with van der Waals surface area (Å²) in [6.07, 6.45) is 0.0322. The summed E-state index contributed by atoms with van der Waals surface area (Å²) in [4.78, 5) is 19.2. The second kappa shape index (κ2) is 10.8. The lowest BCUT2D eigenvalue weighted by molar-refractivity contribution is -0.121. The largest absolute Gasteiger partial charge is 0.497 e. The number of methoxy groups -OCH3 is 1. The summed E-state index contributed by atoms with van der Waals surface area (Å²) in [7, 11) is 0.824. The Morgan fingerprint density at radius 2 is 1.94 bits per heavy atom. The van der Waals surface area contributed by atoms with Gasteiger partial charge in [0.25, 0.3) is 0 Å². The zero-order chi connectivity index (χ0) is 24.1. The first-order valence-electron chi connectivity index (χ1n) is 10.9. The number of benzodiazepines with no additional fused rings is 1. The molecule has 0 radical (unpaired) electrons. The van der Waals surface area contributed by atoms with Gasteiger partial charge in [-0.3, -0.25) is 25.5 Å². The summed E-state index contributed by atoms with van der Waals surface area (Å²) in [6, 6.07) is 13.0. The number of hydrogen-bond acceptors (Lipinski definition) is 5. The van der Waals surface area contributed by atoms with Gasteiger partial charge in [0, 0.05) is 31.5 Å². The highest BCUT2D eigenvalue weighted by molar-refractivity contribution is 6.55. The van der Waals surface area contributed by atoms with E-state index in [9.17, 15) is 4.79 Å². The van der Waals surface area contributed by atoms with Gasteiger partial charge in [-0.25, -0.2) is 0 Å². The number of aliphatic imine (C=N–C) groups is 1. The number of benzene rings is 2. The number of ether oxygens (including phenoxy) is 1. The van der Waals surface area contributed by atoms with Crippen molar-refractivity contribution in [2.75, 3.05) is 18.6 Å². The second-order valence-corrected chi connectivity index (χ2v) is 12.2. The number of carbonyl (C=O) groups is 1. The lowest BCUT2D eigenvalue weighted by Crippen LogP contribution is -2.42. The van der Waals surface area contributed by atoms with Crippen LogP contribution in [-0.2, 0) is 4.79 Å². The fraction of sp³-hybridized carbons (Fsp3) is 0.333. The summed E-state index contributed by atoms with van der Waals surface area (Å²) >= 11 is 6.11. The average Bonchev–Trinajstić information content (AvgIpc) is 2.88. The van der Waals surface area contributed by atoms with E-state index in [0.29, 0.717) is 28.7 Å². The monoisotopic (exact) mass is 483 g/mol. The van der Waals surface area contributed by atoms with Gasteiger partial charge in [0.1, 0.15) is 23.5 Å². The number of halogens is 1. The van der Waals surface area contributed by atoms with Gasteiger partial charge < -0.3 is 10.1 Å². The lowest BCUT2D eigenvalue weighted by atomic mass is 9.99. The molecule has 1 aliphatic rings. The molecule has 1 atom stereocenters. The topological polar surface area (TPSA) is 102 Å². The molecule has 9 heteroatoms. The number of nitrogens with zero attached hydrogens (tertiary/aromatic N) is 2. The first kappa shape index (κ1) is 24.7. The van der Waals surface area contributed by atoms with Crippen molar-refractivity contribution in [3.63, 3.8) is 0 Å². The number of fused-ring (bicyclic) bond motifs is 1. The van der Waals surface area contributed by atoms with E-state index >= 15 is 0 Å². The maximum absolute atomic E-state index is 12.7. The highest BCUT2D eigenvalue weighted by Gasteiger charge is 2.32. The highest BCUT2D eigenvalue weighted by Crippen LogP contribution is 2.33. The summed E-state index contributed by atoms with van der Waals surface area (Å²) in [5.41, 5.74) is 2.81. The van der Waals surface area contributed by atoms with Gasteiger partial charge >= 0.3 is 0 Å². The number of nitrogens with one attached hydrogen (secondary N) is 3. The minimum absolute atomic E-state index is 0.0322. The fourth-order valence-corrected chi connectivity index (χ4v) is 4.53. The molecule has 3 N–H and O–H groups in total. The fourth-order valence-electron chi connectivity index (χ4n) is 3.68. The van der Waals surface area contributed by atoms with Crippen molar-refractivity contribution in [1.82, 2.24) is 5.32 Å². The Morgan fingerprint density at radius 3 is 2.55 bits per heavy atom. The quantitative estimate of drug-likeness (QED) is 0.310. The number of carbonyl (C=O) groups excluding carboxylic acids is 1. The van der Waals surface area contributed by atoms with Gasteiger partial charge in [-0.2, -0.15) is 0 Å². The van der Waals surface area contributed by atoms with Crippen molar-refractivity contribution in [1.29, 1.82) is 10.8 Å². The molecule has 0 spiro atoms. The van der Waals surface area contributed by atoms with Crippen molar-refractivity contribution in [3.8, 4) is 5.75 Å². The van der Waals surface area contributed by atoms with E-state index in [1.54, 1.807) is 37.1 Å². The molecule has 1 aliphatic heterocycles. The molecule has 3 rings (SSSR count). The van der Waals surface area contributed by atoms with Crippen LogP contribution < -0.4 is 15.0 Å². The van der Waals surface area contributed by atoms with E-state index in [4.69, 9.17) is 32.1 Å². The van der Waals surface area contributed by atoms with Crippen LogP contribution in [0, 0.1) is 10.8 Å². The molecule has 2 aromatic rings. The van der Waals surface area contributed by atoms with Crippen LogP contribution in [0.4, 0.5) is 5.69 Å². The van der Waals surface area contributed by atoms with Crippen LogP contribution in [0.3, 0.4) is 0 Å². The SMILES string of the molecule is COc1ccc2c(c1)C(c1ccc(Cl)cc1)=NC(CC(=O)NCC[SiH](C)C)C(=N)N2C(C)=N. The van der Waals surface area contributed by atoms with Gasteiger partial charge in [0.15, 0.2) is 0 Å². The molecule has 1 unspecified atom stereocenters. The summed E-state index contributed by atoms with van der Waals surface area (Å²) < 4.78 is 5.44. The maximum atomic E-state index is 12.7. The van der Waals surface area contributed by atoms with Crippen LogP contribution >= 0.6 is 11.6 Å². The Hall–Kier alpha value is -2.97. The number of anilines is 1. The molecule has 0 bridgehead atoms. The Kier molecular flexibility index (Phi) is 8.04. The normalized spacial score (nSPS) is 15.6. The third kappa shape index (κ3) is 5.88. The molecule has 0 saturated heterocycles. The maximum Gasteiger partial charge on any atom is 0.222 e. The number of amides is 1. The first-order valence-corrected chi connectivity index (χ1v) is 14.4. The van der Waals surface area contributed by atoms with Crippen molar-refractivity contribution >= 4 is 49.4 Å². The predicted molar refractivity (Wildman–Crippen MR) is 139 cm³/mol. The summed E-state index contributed by atoms with van der Waals surface area (Å²) in [5.74, 6) is 0.754. The van der Waals surface area contributed by atoms with Gasteiger partial charge in [-0.05, 0) is 43.3 Å². The summed E-state index contributed by atoms with van der Waals surface area (Å²) in [5, 5.41) is 20.8. The molecule has 2 aromatic carbocycles. The van der Waals surface area contributed by atoms with Crippen LogP contribution in [-0.4, -0.2) is 51.8 Å². The minimum atomic E-state index is -0.766.